The Balaban J connectivity index is 2.73. The molecule has 0 unspecified atom stereocenters. The highest BCUT2D eigenvalue weighted by Gasteiger charge is 2.12. The molecule has 0 saturated carbocycles. The molecule has 1 N–H and O–H groups in total. The van der Waals surface area contributed by atoms with Crippen LogP contribution in [0.2, 0.25) is 0 Å². The van der Waals surface area contributed by atoms with Crippen LogP contribution in [0.15, 0.2) is 16.7 Å². The minimum atomic E-state index is -0.377. The lowest BCUT2D eigenvalue weighted by molar-refractivity contribution is -0.105. The summed E-state index contributed by atoms with van der Waals surface area (Å²) in [6, 6.07) is 1.32. The number of hydrogen-bond donors (Lipinski definition) is 1. The molecule has 4 nitrogen and oxygen atoms in total. The predicted octanol–water partition coefficient (Wildman–Crippen LogP) is 2.37. The molecule has 2 aromatic rings. The van der Waals surface area contributed by atoms with Gasteiger partial charge in [-0.15, -0.1) is 0 Å². The fourth-order valence-corrected chi connectivity index (χ4v) is 1.86. The molecule has 0 radical (unpaired) electrons. The van der Waals surface area contributed by atoms with E-state index in [1.54, 1.807) is 10.6 Å². The maximum Gasteiger partial charge on any atom is 0.212 e. The smallest absolute Gasteiger partial charge is 0.212 e. The van der Waals surface area contributed by atoms with Crippen LogP contribution in [0.25, 0.3) is 5.65 Å². The zero-order valence-electron chi connectivity index (χ0n) is 8.50. The molecule has 0 saturated heterocycles. The largest absolute Gasteiger partial charge is 0.313 e. The van der Waals surface area contributed by atoms with E-state index in [9.17, 15) is 9.18 Å². The zero-order valence-corrected chi connectivity index (χ0v) is 10.1. The molecule has 0 bridgehead atoms. The topological polar surface area (TPSA) is 46.4 Å². The van der Waals surface area contributed by atoms with Gasteiger partial charge in [0.25, 0.3) is 0 Å². The molecule has 0 spiro atoms. The number of nitrogens with one attached hydrogen (secondary N) is 1. The van der Waals surface area contributed by atoms with Crippen LogP contribution >= 0.6 is 15.9 Å². The van der Waals surface area contributed by atoms with Crippen molar-refractivity contribution in [2.75, 3.05) is 5.32 Å². The van der Waals surface area contributed by atoms with Crippen LogP contribution in [0.1, 0.15) is 12.6 Å². The van der Waals surface area contributed by atoms with E-state index in [1.165, 1.54) is 6.07 Å². The first-order valence-corrected chi connectivity index (χ1v) is 5.52. The number of imidazole rings is 1. The van der Waals surface area contributed by atoms with Crippen molar-refractivity contribution in [1.82, 2.24) is 9.38 Å². The fourth-order valence-electron chi connectivity index (χ4n) is 1.54. The Kier molecular flexibility index (Phi) is 2.91. The van der Waals surface area contributed by atoms with E-state index in [1.807, 2.05) is 6.92 Å². The monoisotopic (exact) mass is 285 g/mol. The minimum Gasteiger partial charge on any atom is -0.313 e. The van der Waals surface area contributed by atoms with E-state index in [0.29, 0.717) is 28.8 Å². The minimum absolute atomic E-state index is 0.328. The van der Waals surface area contributed by atoms with Gasteiger partial charge in [-0.3, -0.25) is 9.20 Å². The van der Waals surface area contributed by atoms with Crippen molar-refractivity contribution in [3.05, 3.63) is 28.2 Å². The molecule has 2 aromatic heterocycles. The maximum atomic E-state index is 13.3. The summed E-state index contributed by atoms with van der Waals surface area (Å²) in [6.07, 6.45) is 2.79. The molecule has 84 valence electrons. The quantitative estimate of drug-likeness (QED) is 0.880. The number of aromatic nitrogens is 2. The molecular weight excluding hydrogens is 277 g/mol. The van der Waals surface area contributed by atoms with Crippen molar-refractivity contribution in [2.24, 2.45) is 0 Å². The number of carbonyl (C=O) groups excluding carboxylic acids is 1. The second kappa shape index (κ2) is 4.21. The molecule has 1 amide bonds. The number of amides is 1. The molecule has 16 heavy (non-hydrogen) atoms. The first-order chi connectivity index (χ1) is 7.67. The van der Waals surface area contributed by atoms with Crippen LogP contribution in [-0.2, 0) is 11.2 Å². The highest BCUT2D eigenvalue weighted by Crippen LogP contribution is 2.23. The van der Waals surface area contributed by atoms with Crippen molar-refractivity contribution in [3.63, 3.8) is 0 Å². The first-order valence-electron chi connectivity index (χ1n) is 4.73. The number of halogens is 2. The lowest BCUT2D eigenvalue weighted by Gasteiger charge is -2.02. The summed E-state index contributed by atoms with van der Waals surface area (Å²) >= 11 is 3.09. The van der Waals surface area contributed by atoms with E-state index in [2.05, 4.69) is 26.2 Å². The number of anilines is 1. The Hall–Kier alpha value is -1.43. The van der Waals surface area contributed by atoms with Gasteiger partial charge in [0.05, 0.1) is 10.2 Å². The average Bonchev–Trinajstić information content (AvgIpc) is 2.58. The maximum absolute atomic E-state index is 13.3. The van der Waals surface area contributed by atoms with E-state index >= 15 is 0 Å². The van der Waals surface area contributed by atoms with Crippen LogP contribution in [0.3, 0.4) is 0 Å². The Morgan fingerprint density at radius 2 is 2.44 bits per heavy atom. The molecule has 6 heteroatoms. The van der Waals surface area contributed by atoms with Gasteiger partial charge in [-0.2, -0.15) is 0 Å². The standard InChI is InChI=1S/C10H9BrFN3O/c1-2-8-10(13-5-16)15-4-6(11)7(12)3-9(15)14-8/h3-5H,2H2,1H3,(H,13,16). The van der Waals surface area contributed by atoms with Gasteiger partial charge >= 0.3 is 0 Å². The summed E-state index contributed by atoms with van der Waals surface area (Å²) in [6.45, 7) is 1.92. The Bertz CT molecular complexity index is 552. The van der Waals surface area contributed by atoms with Gasteiger partial charge in [-0.05, 0) is 22.4 Å². The molecular formula is C10H9BrFN3O. The summed E-state index contributed by atoms with van der Waals surface area (Å²) in [5.41, 5.74) is 1.20. The van der Waals surface area contributed by atoms with Crippen molar-refractivity contribution in [2.45, 2.75) is 13.3 Å². The van der Waals surface area contributed by atoms with Crippen LogP contribution in [0, 0.1) is 5.82 Å². The van der Waals surface area contributed by atoms with E-state index in [0.717, 1.165) is 5.69 Å². The van der Waals surface area contributed by atoms with Gasteiger partial charge in [0.2, 0.25) is 6.41 Å². The number of pyridine rings is 1. The zero-order chi connectivity index (χ0) is 11.7. The summed E-state index contributed by atoms with van der Waals surface area (Å²) in [5.74, 6) is 0.200. The fraction of sp³-hybridized carbons (Fsp3) is 0.200. The van der Waals surface area contributed by atoms with Gasteiger partial charge in [0.15, 0.2) is 0 Å². The number of aryl methyl sites for hydroxylation is 1. The second-order valence-electron chi connectivity index (χ2n) is 3.22. The molecule has 0 aliphatic carbocycles. The normalized spacial score (nSPS) is 10.7. The van der Waals surface area contributed by atoms with Crippen molar-refractivity contribution in [1.29, 1.82) is 0 Å². The van der Waals surface area contributed by atoms with Crippen molar-refractivity contribution in [3.8, 4) is 0 Å². The number of fused-ring (bicyclic) bond motifs is 1. The highest BCUT2D eigenvalue weighted by atomic mass is 79.9. The Morgan fingerprint density at radius 3 is 3.06 bits per heavy atom. The lowest BCUT2D eigenvalue weighted by Crippen LogP contribution is -2.01. The third-order valence-corrected chi connectivity index (χ3v) is 2.85. The van der Waals surface area contributed by atoms with E-state index < -0.39 is 0 Å². The number of rotatable bonds is 3. The predicted molar refractivity (Wildman–Crippen MR) is 61.9 cm³/mol. The molecule has 0 fully saturated rings. The first kappa shape index (κ1) is 11.1. The van der Waals surface area contributed by atoms with E-state index in [-0.39, 0.29) is 5.82 Å². The SMILES string of the molecule is CCc1nc2cc(F)c(Br)cn2c1NC=O. The summed E-state index contributed by atoms with van der Waals surface area (Å²) in [5, 5.41) is 2.57. The van der Waals surface area contributed by atoms with Gasteiger partial charge in [-0.1, -0.05) is 6.92 Å². The average molecular weight is 286 g/mol. The molecule has 2 heterocycles. The Morgan fingerprint density at radius 1 is 1.69 bits per heavy atom. The van der Waals surface area contributed by atoms with Crippen LogP contribution < -0.4 is 5.32 Å². The van der Waals surface area contributed by atoms with Crippen molar-refractivity contribution >= 4 is 33.8 Å². The number of carbonyl (C=O) groups is 1. The molecule has 0 aliphatic heterocycles. The summed E-state index contributed by atoms with van der Waals surface area (Å²) in [4.78, 5) is 14.7. The van der Waals surface area contributed by atoms with Crippen LogP contribution in [-0.4, -0.2) is 15.8 Å². The number of nitrogens with zero attached hydrogens (tertiary/aromatic N) is 2. The molecule has 0 aromatic carbocycles. The Labute approximate surface area is 99.6 Å². The third-order valence-electron chi connectivity index (χ3n) is 2.27. The lowest BCUT2D eigenvalue weighted by atomic mass is 10.3. The third kappa shape index (κ3) is 1.69. The van der Waals surface area contributed by atoms with Gasteiger partial charge < -0.3 is 5.32 Å². The number of hydrogen-bond acceptors (Lipinski definition) is 2. The van der Waals surface area contributed by atoms with Gasteiger partial charge in [-0.25, -0.2) is 9.37 Å². The highest BCUT2D eigenvalue weighted by molar-refractivity contribution is 9.10. The molecule has 0 aliphatic rings. The van der Waals surface area contributed by atoms with Crippen molar-refractivity contribution < 1.29 is 9.18 Å². The summed E-state index contributed by atoms with van der Waals surface area (Å²) in [7, 11) is 0. The van der Waals surface area contributed by atoms with Crippen LogP contribution in [0.5, 0.6) is 0 Å². The molecule has 2 rings (SSSR count). The second-order valence-corrected chi connectivity index (χ2v) is 4.07. The molecule has 0 atom stereocenters. The van der Waals surface area contributed by atoms with Crippen LogP contribution in [0.4, 0.5) is 10.2 Å². The van der Waals surface area contributed by atoms with Gasteiger partial charge in [0.1, 0.15) is 17.3 Å². The van der Waals surface area contributed by atoms with E-state index in [4.69, 9.17) is 0 Å². The summed E-state index contributed by atoms with van der Waals surface area (Å²) < 4.78 is 15.3. The van der Waals surface area contributed by atoms with Gasteiger partial charge in [0, 0.05) is 12.3 Å².